The minimum atomic E-state index is 0. The molecule has 1 heterocycles. The quantitative estimate of drug-likeness (QED) is 0.525. The summed E-state index contributed by atoms with van der Waals surface area (Å²) < 4.78 is 0. The predicted molar refractivity (Wildman–Crippen MR) is 37.1 cm³/mol. The summed E-state index contributed by atoms with van der Waals surface area (Å²) in [7, 11) is 4.20. The van der Waals surface area contributed by atoms with E-state index in [2.05, 4.69) is 17.3 Å². The van der Waals surface area contributed by atoms with Gasteiger partial charge >= 0.3 is 0 Å². The second-order valence-electron chi connectivity index (χ2n) is 2.54. The Balaban J connectivity index is 0.000000640. The van der Waals surface area contributed by atoms with Gasteiger partial charge in [-0.1, -0.05) is 0 Å². The van der Waals surface area contributed by atoms with Crippen molar-refractivity contribution in [2.45, 2.75) is 12.5 Å². The molecule has 0 bridgehead atoms. The second-order valence-corrected chi connectivity index (χ2v) is 2.54. The third kappa shape index (κ3) is 1.20. The summed E-state index contributed by atoms with van der Waals surface area (Å²) >= 11 is 0. The molecule has 1 rings (SSSR count). The molecular weight excluding hydrogens is 100 g/mol. The van der Waals surface area contributed by atoms with Gasteiger partial charge in [-0.25, -0.2) is 0 Å². The summed E-state index contributed by atoms with van der Waals surface area (Å²) in [6, 6.07) is 0.750. The zero-order valence-electron chi connectivity index (χ0n) is 5.65. The Morgan fingerprint density at radius 3 is 2.75 bits per heavy atom. The fraction of sp³-hybridized carbons (Fsp3) is 1.00. The van der Waals surface area contributed by atoms with Crippen molar-refractivity contribution in [3.8, 4) is 0 Å². The van der Waals surface area contributed by atoms with E-state index in [1.807, 2.05) is 7.05 Å². The highest BCUT2D eigenvalue weighted by atomic mass is 15.2. The van der Waals surface area contributed by atoms with Gasteiger partial charge in [0.1, 0.15) is 0 Å². The highest BCUT2D eigenvalue weighted by Crippen LogP contribution is 2.04. The Labute approximate surface area is 52.4 Å². The van der Waals surface area contributed by atoms with Crippen molar-refractivity contribution in [1.29, 1.82) is 0 Å². The van der Waals surface area contributed by atoms with E-state index in [0.717, 1.165) is 6.04 Å². The molecule has 1 fully saturated rings. The van der Waals surface area contributed by atoms with E-state index in [4.69, 9.17) is 0 Å². The molecule has 2 nitrogen and oxygen atoms in total. The maximum absolute atomic E-state index is 3.25. The third-order valence-electron chi connectivity index (χ3n) is 1.80. The predicted octanol–water partition coefficient (Wildman–Crippen LogP) is 0.156. The average molecular weight is 116 g/mol. The molecule has 0 aromatic rings. The molecule has 1 saturated heterocycles. The van der Waals surface area contributed by atoms with E-state index < -0.39 is 0 Å². The van der Waals surface area contributed by atoms with Gasteiger partial charge < -0.3 is 10.2 Å². The first kappa shape index (κ1) is 6.05. The van der Waals surface area contributed by atoms with E-state index in [-0.39, 0.29) is 1.43 Å². The highest BCUT2D eigenvalue weighted by molar-refractivity contribution is 4.76. The monoisotopic (exact) mass is 116 g/mol. The summed E-state index contributed by atoms with van der Waals surface area (Å²) in [5.74, 6) is 0. The van der Waals surface area contributed by atoms with Crippen molar-refractivity contribution in [2.24, 2.45) is 0 Å². The van der Waals surface area contributed by atoms with Crippen LogP contribution in [0.15, 0.2) is 0 Å². The van der Waals surface area contributed by atoms with Crippen LogP contribution in [0, 0.1) is 0 Å². The number of likely N-dealkylation sites (N-methyl/N-ethyl adjacent to an activating group) is 2. The topological polar surface area (TPSA) is 15.3 Å². The maximum Gasteiger partial charge on any atom is 0.0204 e. The minimum Gasteiger partial charge on any atom is -0.316 e. The van der Waals surface area contributed by atoms with Crippen LogP contribution in [0.3, 0.4) is 0 Å². The van der Waals surface area contributed by atoms with Crippen molar-refractivity contribution in [3.63, 3.8) is 0 Å². The van der Waals surface area contributed by atoms with Crippen LogP contribution in [-0.2, 0) is 0 Å². The van der Waals surface area contributed by atoms with Crippen molar-refractivity contribution in [3.05, 3.63) is 0 Å². The Hall–Kier alpha value is -0.0800. The van der Waals surface area contributed by atoms with E-state index in [9.17, 15) is 0 Å². The molecule has 1 N–H and O–H groups in total. The molecule has 8 heavy (non-hydrogen) atoms. The second kappa shape index (κ2) is 2.46. The molecule has 0 amide bonds. The number of likely N-dealkylation sites (tertiary alicyclic amines) is 1. The van der Waals surface area contributed by atoms with Gasteiger partial charge in [0.2, 0.25) is 0 Å². The lowest BCUT2D eigenvalue weighted by Gasteiger charge is -2.07. The standard InChI is InChI=1S/C6H14N2.H2/c1-7-6-3-4-8(2)5-6;/h6-7H,3-5H2,1-2H3;1H/t6-;/m0./s1. The van der Waals surface area contributed by atoms with Gasteiger partial charge in [-0.05, 0) is 27.1 Å². The Bertz CT molecular complexity index is 77.5. The van der Waals surface area contributed by atoms with Crippen LogP contribution < -0.4 is 5.32 Å². The fourth-order valence-electron chi connectivity index (χ4n) is 1.17. The number of rotatable bonds is 1. The smallest absolute Gasteiger partial charge is 0.0204 e. The first-order valence-corrected chi connectivity index (χ1v) is 3.18. The molecule has 0 radical (unpaired) electrons. The lowest BCUT2D eigenvalue weighted by Crippen LogP contribution is -2.27. The van der Waals surface area contributed by atoms with Crippen LogP contribution in [0.25, 0.3) is 0 Å². The average Bonchev–Trinajstić information content (AvgIpc) is 2.14. The molecule has 2 heteroatoms. The van der Waals surface area contributed by atoms with Gasteiger partial charge in [0.05, 0.1) is 0 Å². The SMILES string of the molecule is CN[C@H]1CCN(C)C1.[HH]. The molecule has 1 aliphatic heterocycles. The van der Waals surface area contributed by atoms with Crippen LogP contribution in [0.4, 0.5) is 0 Å². The number of hydrogen-bond acceptors (Lipinski definition) is 2. The molecule has 0 saturated carbocycles. The van der Waals surface area contributed by atoms with Gasteiger partial charge in [-0.3, -0.25) is 0 Å². The lowest BCUT2D eigenvalue weighted by atomic mass is 10.3. The van der Waals surface area contributed by atoms with Gasteiger partial charge in [0.15, 0.2) is 0 Å². The van der Waals surface area contributed by atoms with Gasteiger partial charge in [-0.15, -0.1) is 0 Å². The molecule has 0 spiro atoms. The molecule has 1 atom stereocenters. The Morgan fingerprint density at radius 1 is 1.75 bits per heavy atom. The minimum absolute atomic E-state index is 0. The van der Waals surface area contributed by atoms with Crippen molar-refractivity contribution in [1.82, 2.24) is 10.2 Å². The molecule has 0 unspecified atom stereocenters. The van der Waals surface area contributed by atoms with E-state index in [0.29, 0.717) is 0 Å². The number of hydrogen-bond donors (Lipinski definition) is 1. The van der Waals surface area contributed by atoms with E-state index in [1.165, 1.54) is 19.5 Å². The van der Waals surface area contributed by atoms with E-state index >= 15 is 0 Å². The fourth-order valence-corrected chi connectivity index (χ4v) is 1.17. The largest absolute Gasteiger partial charge is 0.316 e. The Morgan fingerprint density at radius 2 is 2.50 bits per heavy atom. The number of nitrogens with zero attached hydrogens (tertiary/aromatic N) is 1. The lowest BCUT2D eigenvalue weighted by molar-refractivity contribution is 0.403. The molecule has 0 aromatic carbocycles. The van der Waals surface area contributed by atoms with Crippen LogP contribution in [0.1, 0.15) is 7.85 Å². The normalized spacial score (nSPS) is 31.5. The maximum atomic E-state index is 3.25. The van der Waals surface area contributed by atoms with Gasteiger partial charge in [-0.2, -0.15) is 0 Å². The van der Waals surface area contributed by atoms with Crippen molar-refractivity contribution in [2.75, 3.05) is 27.2 Å². The van der Waals surface area contributed by atoms with E-state index in [1.54, 1.807) is 0 Å². The summed E-state index contributed by atoms with van der Waals surface area (Å²) in [5, 5.41) is 3.25. The van der Waals surface area contributed by atoms with Crippen LogP contribution in [0.5, 0.6) is 0 Å². The molecular formula is C6H16N2. The molecule has 50 valence electrons. The first-order valence-electron chi connectivity index (χ1n) is 3.18. The summed E-state index contributed by atoms with van der Waals surface area (Å²) in [5.41, 5.74) is 0. The van der Waals surface area contributed by atoms with Crippen molar-refractivity contribution >= 4 is 0 Å². The molecule has 0 aliphatic carbocycles. The van der Waals surface area contributed by atoms with Crippen LogP contribution in [-0.4, -0.2) is 38.1 Å². The van der Waals surface area contributed by atoms with Crippen molar-refractivity contribution < 1.29 is 1.43 Å². The Kier molecular flexibility index (Phi) is 1.86. The zero-order valence-corrected chi connectivity index (χ0v) is 5.65. The summed E-state index contributed by atoms with van der Waals surface area (Å²) in [4.78, 5) is 2.35. The van der Waals surface area contributed by atoms with Gasteiger partial charge in [0, 0.05) is 14.0 Å². The summed E-state index contributed by atoms with van der Waals surface area (Å²) in [6.07, 6.45) is 1.31. The molecule has 1 aliphatic rings. The van der Waals surface area contributed by atoms with Crippen LogP contribution >= 0.6 is 0 Å². The number of nitrogens with one attached hydrogen (secondary N) is 1. The summed E-state index contributed by atoms with van der Waals surface area (Å²) in [6.45, 7) is 2.47. The first-order chi connectivity index (χ1) is 3.83. The third-order valence-corrected chi connectivity index (χ3v) is 1.80. The zero-order chi connectivity index (χ0) is 5.98. The van der Waals surface area contributed by atoms with Crippen LogP contribution in [0.2, 0.25) is 0 Å². The molecule has 0 aromatic heterocycles. The highest BCUT2D eigenvalue weighted by Gasteiger charge is 2.16. The van der Waals surface area contributed by atoms with Gasteiger partial charge in [0.25, 0.3) is 0 Å².